The second-order valence-electron chi connectivity index (χ2n) is 29.4. The van der Waals surface area contributed by atoms with E-state index < -0.39 is 128 Å². The summed E-state index contributed by atoms with van der Waals surface area (Å²) in [5.41, 5.74) is 6.92. The summed E-state index contributed by atoms with van der Waals surface area (Å²) in [6.07, 6.45) is 20.4. The molecule has 13 N–H and O–H groups in total. The van der Waals surface area contributed by atoms with Crippen molar-refractivity contribution < 1.29 is 116 Å². The molecule has 5 atom stereocenters. The van der Waals surface area contributed by atoms with Crippen LogP contribution >= 0.6 is 0 Å². The minimum atomic E-state index is -1.51. The van der Waals surface area contributed by atoms with Gasteiger partial charge in [-0.3, -0.25) is 71.9 Å². The minimum absolute atomic E-state index is 0.000780. The van der Waals surface area contributed by atoms with Crippen molar-refractivity contribution in [2.24, 2.45) is 29.4 Å². The van der Waals surface area contributed by atoms with Crippen LogP contribution in [0.3, 0.4) is 0 Å². The number of carbonyl (C=O) groups excluding carboxylic acids is 10. The smallest absolute Gasteiger partial charge is 0.306 e. The number of carbonyl (C=O) groups is 15. The van der Waals surface area contributed by atoms with Gasteiger partial charge in [-0.2, -0.15) is 0 Å². The van der Waals surface area contributed by atoms with E-state index in [1.54, 1.807) is 7.05 Å². The Kier molecular flexibility index (Phi) is 60.3. The number of likely N-dealkylation sites (N-methyl/N-ethyl adjacent to an activating group) is 1. The number of Topliss-reactive ketones (excluding diaryl/α,β-unsaturated/α-hetero) is 5. The highest BCUT2D eigenvalue weighted by Crippen LogP contribution is 2.31. The number of carboxylic acid groups (broad SMARTS) is 5. The number of ether oxygens (including phenoxy) is 4. The van der Waals surface area contributed by atoms with Gasteiger partial charge < -0.3 is 82.1 Å². The van der Waals surface area contributed by atoms with E-state index in [2.05, 4.69) is 38.8 Å². The Labute approximate surface area is 667 Å². The molecule has 31 nitrogen and oxygen atoms in total. The van der Waals surface area contributed by atoms with Gasteiger partial charge in [-0.1, -0.05) is 96.8 Å². The van der Waals surface area contributed by atoms with E-state index in [1.165, 1.54) is 64.7 Å². The predicted octanol–water partition coefficient (Wildman–Crippen LogP) is 9.43. The number of amides is 5. The average molecular weight is 1600 g/mol. The molecule has 5 amide bonds. The number of unbranched alkanes of at least 4 members (excludes halogenated alkanes) is 16. The van der Waals surface area contributed by atoms with Gasteiger partial charge in [0.15, 0.2) is 23.1 Å². The number of nitrogens with two attached hydrogens (primary N) is 1. The number of aliphatic carboxylic acids is 5. The van der Waals surface area contributed by atoms with E-state index in [1.807, 2.05) is 24.3 Å². The van der Waals surface area contributed by atoms with Gasteiger partial charge in [0, 0.05) is 120 Å². The highest BCUT2D eigenvalue weighted by Gasteiger charge is 2.34. The maximum absolute atomic E-state index is 13.8. The number of benzene rings is 1. The van der Waals surface area contributed by atoms with Crippen LogP contribution in [0.5, 0.6) is 0 Å². The second kappa shape index (κ2) is 66.2. The molecule has 0 spiro atoms. The maximum Gasteiger partial charge on any atom is 0.306 e. The van der Waals surface area contributed by atoms with Crippen molar-refractivity contribution in [3.05, 3.63) is 29.8 Å². The predicted molar refractivity (Wildman–Crippen MR) is 423 cm³/mol. The van der Waals surface area contributed by atoms with E-state index >= 15 is 0 Å². The number of ketones is 5. The monoisotopic (exact) mass is 1600 g/mol. The first-order chi connectivity index (χ1) is 54.1. The standard InChI is InChI=1S/C65H107N3O22.C17H28N4O2/c1-47(69)45-89-40-38-87-36-18-20-52(70)46-90-41-39-88-37-19-21-55(71)53(30-34-62(80)81)68-64(84)50(29-33-61(78)79)42-57(73)54(31-35-63(82)83)67-59(75)32-28-51(65(85)86)43-56(72)49-26-24-48(25-27-49)44-66-58(74)22-16-14-12-10-8-6-4-2-3-5-7-9-11-13-15-17-23-60(76)77;1-3-11-20-14-9-7-13(8-10-14)17(23)21-12-5-4-6-15(19-2)16(18)22/h48-51,53-54H,2-46H2,1H3,(H,66,74)(H,67,75)(H,68,84)(H,76,77)(H,78,79)(H,80,81)(H,82,83)(H,85,86);7-10,15,19-20H,3-6,11-12H2,1-2H3,(H2,18,22)(H,21,23)/t48?,49?,50-,51-,53+,54+;15-/m10/s1. The highest BCUT2D eigenvalue weighted by atomic mass is 16.5. The van der Waals surface area contributed by atoms with Crippen molar-refractivity contribution in [2.45, 2.75) is 289 Å². The molecule has 1 aliphatic rings. The van der Waals surface area contributed by atoms with Gasteiger partial charge in [0.25, 0.3) is 5.91 Å². The number of primary amides is 1. The van der Waals surface area contributed by atoms with Crippen molar-refractivity contribution >= 4 is 94.0 Å². The lowest BCUT2D eigenvalue weighted by atomic mass is 9.78. The SMILES string of the molecule is CC(=O)COCCOCCCC(=O)COCCOCCCC(=O)[C@H](CCC(=O)O)NC(=O)[C@H](CCC(=O)O)CC(=O)[C@H](CCC(=O)O)NC(=O)CC[C@H](CC(=O)C1CCC(CNC(=O)CCCCCCCCCCCCCCCCCCC(=O)O)CC1)C(=O)O.CCCNc1ccc(C(=O)NCCCC[C@H](NC)C(N)=O)cc1. The number of carboxylic acids is 5. The Bertz CT molecular complexity index is 2960. The van der Waals surface area contributed by atoms with E-state index in [-0.39, 0.29) is 132 Å². The van der Waals surface area contributed by atoms with Gasteiger partial charge in [0.05, 0.1) is 50.5 Å². The molecule has 1 fully saturated rings. The number of rotatable bonds is 73. The van der Waals surface area contributed by atoms with Gasteiger partial charge in [-0.25, -0.2) is 0 Å². The molecule has 0 aliphatic heterocycles. The fourth-order valence-electron chi connectivity index (χ4n) is 12.9. The molecule has 0 saturated heterocycles. The molecular formula is C82H135N7O24. The Morgan fingerprint density at radius 1 is 0.451 bits per heavy atom. The molecule has 0 unspecified atom stereocenters. The molecular weight excluding hydrogens is 1470 g/mol. The van der Waals surface area contributed by atoms with Crippen molar-refractivity contribution in [1.29, 1.82) is 0 Å². The first-order valence-corrected chi connectivity index (χ1v) is 41.1. The van der Waals surface area contributed by atoms with Crippen molar-refractivity contribution in [2.75, 3.05) is 84.9 Å². The lowest BCUT2D eigenvalue weighted by Gasteiger charge is -2.28. The summed E-state index contributed by atoms with van der Waals surface area (Å²) in [6, 6.07) is 4.28. The zero-order valence-electron chi connectivity index (χ0n) is 67.5. The molecule has 0 heterocycles. The van der Waals surface area contributed by atoms with Crippen LogP contribution < -0.4 is 37.6 Å². The summed E-state index contributed by atoms with van der Waals surface area (Å²) < 4.78 is 21.3. The van der Waals surface area contributed by atoms with Gasteiger partial charge in [-0.05, 0) is 147 Å². The first kappa shape index (κ1) is 103. The van der Waals surface area contributed by atoms with E-state index in [0.717, 1.165) is 76.4 Å². The second-order valence-corrected chi connectivity index (χ2v) is 29.4. The van der Waals surface area contributed by atoms with Crippen LogP contribution in [0.4, 0.5) is 5.69 Å². The van der Waals surface area contributed by atoms with Crippen LogP contribution in [-0.2, 0) is 86.1 Å². The third kappa shape index (κ3) is 56.7. The largest absolute Gasteiger partial charge is 0.481 e. The Morgan fingerprint density at radius 3 is 1.46 bits per heavy atom. The van der Waals surface area contributed by atoms with Crippen LogP contribution in [0.25, 0.3) is 0 Å². The fraction of sp³-hybridized carbons (Fsp3) is 0.744. The van der Waals surface area contributed by atoms with Gasteiger partial charge in [0.2, 0.25) is 23.6 Å². The molecule has 642 valence electrons. The van der Waals surface area contributed by atoms with Crippen molar-refractivity contribution in [3.8, 4) is 0 Å². The highest BCUT2D eigenvalue weighted by molar-refractivity contribution is 5.96. The summed E-state index contributed by atoms with van der Waals surface area (Å²) in [5.74, 6) is -13.0. The zero-order valence-corrected chi connectivity index (χ0v) is 67.5. The summed E-state index contributed by atoms with van der Waals surface area (Å²) >= 11 is 0. The Morgan fingerprint density at radius 2 is 0.947 bits per heavy atom. The molecule has 2 rings (SSSR count). The maximum atomic E-state index is 13.8. The number of hydrogen-bond donors (Lipinski definition) is 12. The van der Waals surface area contributed by atoms with Crippen molar-refractivity contribution in [1.82, 2.24) is 26.6 Å². The van der Waals surface area contributed by atoms with E-state index in [9.17, 15) is 92.3 Å². The molecule has 0 bridgehead atoms. The molecule has 0 aromatic heterocycles. The van der Waals surface area contributed by atoms with Crippen LogP contribution in [0.15, 0.2) is 24.3 Å². The normalized spacial score (nSPS) is 14.5. The summed E-state index contributed by atoms with van der Waals surface area (Å²) in [4.78, 5) is 184. The molecule has 113 heavy (non-hydrogen) atoms. The average Bonchev–Trinajstić information content (AvgIpc) is 0.869. The van der Waals surface area contributed by atoms with Crippen LogP contribution in [0, 0.1) is 23.7 Å². The zero-order chi connectivity index (χ0) is 83.8. The Hall–Kier alpha value is -8.13. The summed E-state index contributed by atoms with van der Waals surface area (Å²) in [6.45, 7) is 6.50. The van der Waals surface area contributed by atoms with Gasteiger partial charge in [-0.15, -0.1) is 0 Å². The summed E-state index contributed by atoms with van der Waals surface area (Å²) in [5, 5.41) is 64.0. The van der Waals surface area contributed by atoms with Crippen LogP contribution in [-0.4, -0.2) is 211 Å². The summed E-state index contributed by atoms with van der Waals surface area (Å²) in [7, 11) is 1.72. The Balaban J connectivity index is 0.00000236. The van der Waals surface area contributed by atoms with Crippen molar-refractivity contribution in [3.63, 3.8) is 0 Å². The minimum Gasteiger partial charge on any atom is -0.481 e. The lowest BCUT2D eigenvalue weighted by Crippen LogP contribution is -2.46. The molecule has 1 aliphatic carbocycles. The topological polar surface area (TPSA) is 492 Å². The van der Waals surface area contributed by atoms with E-state index in [0.29, 0.717) is 76.8 Å². The van der Waals surface area contributed by atoms with E-state index in [4.69, 9.17) is 29.8 Å². The van der Waals surface area contributed by atoms with Crippen LogP contribution in [0.2, 0.25) is 0 Å². The molecule has 1 aromatic rings. The van der Waals surface area contributed by atoms with Crippen LogP contribution in [0.1, 0.15) is 281 Å². The number of anilines is 1. The third-order valence-electron chi connectivity index (χ3n) is 19.6. The number of hydrogen-bond acceptors (Lipinski definition) is 21. The number of nitrogens with one attached hydrogen (secondary N) is 6. The molecule has 31 heteroatoms. The fourth-order valence-corrected chi connectivity index (χ4v) is 12.9. The molecule has 1 saturated carbocycles. The first-order valence-electron chi connectivity index (χ1n) is 41.1. The molecule has 1 aromatic carbocycles. The van der Waals surface area contributed by atoms with Gasteiger partial charge >= 0.3 is 29.8 Å². The lowest BCUT2D eigenvalue weighted by molar-refractivity contribution is -0.145. The molecule has 0 radical (unpaired) electrons. The van der Waals surface area contributed by atoms with Gasteiger partial charge in [0.1, 0.15) is 19.0 Å². The third-order valence-corrected chi connectivity index (χ3v) is 19.6. The quantitative estimate of drug-likeness (QED) is 0.0270.